The number of amides is 1. The molecule has 1 aromatic carbocycles. The van der Waals surface area contributed by atoms with Gasteiger partial charge in [0.1, 0.15) is 5.82 Å². The van der Waals surface area contributed by atoms with Gasteiger partial charge in [0, 0.05) is 18.1 Å². The first-order valence-electron chi connectivity index (χ1n) is 5.61. The summed E-state index contributed by atoms with van der Waals surface area (Å²) in [6.07, 6.45) is 1.18. The zero-order valence-electron chi connectivity index (χ0n) is 9.97. The first-order chi connectivity index (χ1) is 8.45. The van der Waals surface area contributed by atoms with Crippen molar-refractivity contribution in [1.29, 1.82) is 0 Å². The number of carbonyl (C=O) groups is 1. The summed E-state index contributed by atoms with van der Waals surface area (Å²) in [6.45, 7) is 2.08. The molecule has 18 heavy (non-hydrogen) atoms. The summed E-state index contributed by atoms with van der Waals surface area (Å²) >= 11 is 0. The van der Waals surface area contributed by atoms with Crippen LogP contribution in [0.25, 0.3) is 0 Å². The summed E-state index contributed by atoms with van der Waals surface area (Å²) in [7, 11) is 0. The SMILES string of the molecule is CC(CCCN)C(=O)Nc1cc(F)cc(F)c1F. The molecule has 0 saturated heterocycles. The van der Waals surface area contributed by atoms with Crippen LogP contribution in [-0.4, -0.2) is 12.5 Å². The lowest BCUT2D eigenvalue weighted by Crippen LogP contribution is -2.22. The molecule has 1 atom stereocenters. The van der Waals surface area contributed by atoms with Gasteiger partial charge in [-0.3, -0.25) is 4.79 Å². The van der Waals surface area contributed by atoms with Gasteiger partial charge in [-0.2, -0.15) is 0 Å². The van der Waals surface area contributed by atoms with Crippen molar-refractivity contribution < 1.29 is 18.0 Å². The van der Waals surface area contributed by atoms with Gasteiger partial charge in [0.15, 0.2) is 11.6 Å². The van der Waals surface area contributed by atoms with Gasteiger partial charge in [-0.05, 0) is 19.4 Å². The van der Waals surface area contributed by atoms with E-state index in [0.717, 1.165) is 6.07 Å². The van der Waals surface area contributed by atoms with Crippen molar-refractivity contribution in [2.45, 2.75) is 19.8 Å². The maximum Gasteiger partial charge on any atom is 0.227 e. The quantitative estimate of drug-likeness (QED) is 0.799. The fourth-order valence-corrected chi connectivity index (χ4v) is 1.46. The summed E-state index contributed by atoms with van der Waals surface area (Å²) in [6, 6.07) is 1.16. The highest BCUT2D eigenvalue weighted by molar-refractivity contribution is 5.92. The van der Waals surface area contributed by atoms with E-state index in [4.69, 9.17) is 5.73 Å². The van der Waals surface area contributed by atoms with Gasteiger partial charge in [-0.1, -0.05) is 6.92 Å². The molecule has 100 valence electrons. The van der Waals surface area contributed by atoms with Crippen LogP contribution in [0.2, 0.25) is 0 Å². The number of hydrogen-bond acceptors (Lipinski definition) is 2. The molecule has 1 rings (SSSR count). The number of hydrogen-bond donors (Lipinski definition) is 2. The van der Waals surface area contributed by atoms with Crippen molar-refractivity contribution in [1.82, 2.24) is 0 Å². The van der Waals surface area contributed by atoms with E-state index >= 15 is 0 Å². The van der Waals surface area contributed by atoms with Gasteiger partial charge < -0.3 is 11.1 Å². The predicted molar refractivity (Wildman–Crippen MR) is 62.4 cm³/mol. The maximum atomic E-state index is 13.3. The number of nitrogens with one attached hydrogen (secondary N) is 1. The van der Waals surface area contributed by atoms with Crippen molar-refractivity contribution in [2.75, 3.05) is 11.9 Å². The van der Waals surface area contributed by atoms with E-state index < -0.39 is 35.0 Å². The molecule has 3 N–H and O–H groups in total. The van der Waals surface area contributed by atoms with Gasteiger partial charge in [-0.15, -0.1) is 0 Å². The standard InChI is InChI=1S/C12H15F3N2O/c1-7(3-2-4-16)12(18)17-10-6-8(13)5-9(14)11(10)15/h5-7H,2-4,16H2,1H3,(H,17,18). The zero-order valence-corrected chi connectivity index (χ0v) is 9.97. The first kappa shape index (κ1) is 14.5. The summed E-state index contributed by atoms with van der Waals surface area (Å²) in [5.74, 6) is -4.44. The Morgan fingerprint density at radius 3 is 2.67 bits per heavy atom. The Kier molecular flexibility index (Phi) is 5.15. The third kappa shape index (κ3) is 3.73. The Morgan fingerprint density at radius 2 is 2.06 bits per heavy atom. The van der Waals surface area contributed by atoms with Crippen LogP contribution in [0, 0.1) is 23.4 Å². The van der Waals surface area contributed by atoms with Crippen LogP contribution in [-0.2, 0) is 4.79 Å². The zero-order chi connectivity index (χ0) is 13.7. The minimum absolute atomic E-state index is 0.403. The lowest BCUT2D eigenvalue weighted by atomic mass is 10.0. The topological polar surface area (TPSA) is 55.1 Å². The van der Waals surface area contributed by atoms with Crippen LogP contribution in [0.4, 0.5) is 18.9 Å². The Balaban J connectivity index is 2.75. The molecule has 1 unspecified atom stereocenters. The normalized spacial score (nSPS) is 12.3. The van der Waals surface area contributed by atoms with Crippen molar-refractivity contribution in [3.8, 4) is 0 Å². The van der Waals surface area contributed by atoms with Crippen LogP contribution in [0.3, 0.4) is 0 Å². The van der Waals surface area contributed by atoms with E-state index in [1.54, 1.807) is 6.92 Å². The second-order valence-electron chi connectivity index (χ2n) is 4.07. The molecule has 3 nitrogen and oxygen atoms in total. The summed E-state index contributed by atoms with van der Waals surface area (Å²) in [5.41, 5.74) is 4.81. The Labute approximate surface area is 103 Å². The van der Waals surface area contributed by atoms with Crippen molar-refractivity contribution in [3.63, 3.8) is 0 Å². The van der Waals surface area contributed by atoms with E-state index in [2.05, 4.69) is 5.32 Å². The molecular weight excluding hydrogens is 245 g/mol. The van der Waals surface area contributed by atoms with E-state index in [1.807, 2.05) is 0 Å². The number of anilines is 1. The third-order valence-corrected chi connectivity index (χ3v) is 2.54. The minimum Gasteiger partial charge on any atom is -0.330 e. The molecule has 0 bridgehead atoms. The first-order valence-corrected chi connectivity index (χ1v) is 5.61. The summed E-state index contributed by atoms with van der Waals surface area (Å²) in [4.78, 5) is 11.6. The van der Waals surface area contributed by atoms with Gasteiger partial charge in [0.2, 0.25) is 5.91 Å². The highest BCUT2D eigenvalue weighted by atomic mass is 19.2. The Bertz CT molecular complexity index is 438. The number of halogens is 3. The fourth-order valence-electron chi connectivity index (χ4n) is 1.46. The lowest BCUT2D eigenvalue weighted by molar-refractivity contribution is -0.119. The highest BCUT2D eigenvalue weighted by Crippen LogP contribution is 2.20. The molecule has 0 radical (unpaired) electrons. The molecule has 0 aliphatic heterocycles. The third-order valence-electron chi connectivity index (χ3n) is 2.54. The van der Waals surface area contributed by atoms with Crippen LogP contribution in [0.5, 0.6) is 0 Å². The van der Waals surface area contributed by atoms with Crippen molar-refractivity contribution in [2.24, 2.45) is 11.7 Å². The minimum atomic E-state index is -1.33. The van der Waals surface area contributed by atoms with Gasteiger partial charge >= 0.3 is 0 Å². The molecule has 0 saturated carbocycles. The van der Waals surface area contributed by atoms with Gasteiger partial charge in [-0.25, -0.2) is 13.2 Å². The number of carbonyl (C=O) groups excluding carboxylic acids is 1. The summed E-state index contributed by atoms with van der Waals surface area (Å²) in [5, 5.41) is 2.17. The second kappa shape index (κ2) is 6.39. The van der Waals surface area contributed by atoms with Crippen molar-refractivity contribution >= 4 is 11.6 Å². The average Bonchev–Trinajstić information content (AvgIpc) is 2.32. The molecule has 6 heteroatoms. The number of nitrogens with two attached hydrogens (primary N) is 1. The molecule has 0 fully saturated rings. The van der Waals surface area contributed by atoms with Crippen LogP contribution >= 0.6 is 0 Å². The largest absolute Gasteiger partial charge is 0.330 e. The number of benzene rings is 1. The molecule has 0 aromatic heterocycles. The molecule has 0 heterocycles. The summed E-state index contributed by atoms with van der Waals surface area (Å²) < 4.78 is 39.1. The van der Waals surface area contributed by atoms with E-state index in [9.17, 15) is 18.0 Å². The highest BCUT2D eigenvalue weighted by Gasteiger charge is 2.17. The average molecular weight is 260 g/mol. The van der Waals surface area contributed by atoms with E-state index in [-0.39, 0.29) is 0 Å². The monoisotopic (exact) mass is 260 g/mol. The Morgan fingerprint density at radius 1 is 1.39 bits per heavy atom. The van der Waals surface area contributed by atoms with E-state index in [0.29, 0.717) is 25.5 Å². The smallest absolute Gasteiger partial charge is 0.227 e. The van der Waals surface area contributed by atoms with E-state index in [1.165, 1.54) is 0 Å². The second-order valence-corrected chi connectivity index (χ2v) is 4.07. The molecule has 0 aliphatic rings. The Hall–Kier alpha value is -1.56. The molecule has 0 aliphatic carbocycles. The molecular formula is C12H15F3N2O. The molecule has 0 spiro atoms. The lowest BCUT2D eigenvalue weighted by Gasteiger charge is -2.12. The maximum absolute atomic E-state index is 13.3. The molecule has 1 amide bonds. The molecule has 1 aromatic rings. The fraction of sp³-hybridized carbons (Fsp3) is 0.417. The predicted octanol–water partition coefficient (Wildman–Crippen LogP) is 2.42. The number of rotatable bonds is 5. The van der Waals surface area contributed by atoms with Crippen LogP contribution < -0.4 is 11.1 Å². The van der Waals surface area contributed by atoms with Crippen LogP contribution in [0.1, 0.15) is 19.8 Å². The van der Waals surface area contributed by atoms with Crippen molar-refractivity contribution in [3.05, 3.63) is 29.6 Å². The van der Waals surface area contributed by atoms with Gasteiger partial charge in [0.05, 0.1) is 5.69 Å². The van der Waals surface area contributed by atoms with Gasteiger partial charge in [0.25, 0.3) is 0 Å². The van der Waals surface area contributed by atoms with Crippen LogP contribution in [0.15, 0.2) is 12.1 Å².